The van der Waals surface area contributed by atoms with Crippen molar-refractivity contribution < 1.29 is 42.1 Å². The Morgan fingerprint density at radius 1 is 0.400 bits per heavy atom. The van der Waals surface area contributed by atoms with Gasteiger partial charge in [0.15, 0.2) is 6.10 Å². The van der Waals surface area contributed by atoms with Crippen molar-refractivity contribution in [2.75, 3.05) is 47.5 Å². The summed E-state index contributed by atoms with van der Waals surface area (Å²) in [6.07, 6.45) is 83.3. The van der Waals surface area contributed by atoms with Crippen LogP contribution in [-0.4, -0.2) is 70.0 Å². The molecular weight excluding hydrogens is 1010 g/mol. The second kappa shape index (κ2) is 60.5. The highest BCUT2D eigenvalue weighted by molar-refractivity contribution is 7.45. The number of carbonyl (C=O) groups excluding carboxylic acids is 2. The topological polar surface area (TPSA) is 111 Å². The lowest BCUT2D eigenvalue weighted by Crippen LogP contribution is -2.37. The standard InChI is InChI=1S/C70H124NO8P/c1-6-8-10-12-14-16-18-20-22-24-26-28-29-30-31-32-33-34-35-36-37-38-39-40-41-43-45-47-49-51-53-55-57-59-61-63-70(73)79-68(67-78-80(74,75)77-65-64-71(3,4)5)66-76-69(72)62-60-58-56-54-52-50-48-46-44-42-27-25-23-21-19-17-15-13-11-9-7-2/h8,10,14,16,19-22,25-28,30-31,44,46,68H,6-7,9,11-13,15,17-18,23-24,29,32-43,45,47-67H2,1-5H3/b10-8-,16-14-,21-19-,22-20-,27-25-,28-26-,31-30-,46-44-. The van der Waals surface area contributed by atoms with Crippen molar-refractivity contribution in [3.63, 3.8) is 0 Å². The van der Waals surface area contributed by atoms with E-state index in [2.05, 4.69) is 111 Å². The molecule has 0 spiro atoms. The number of phosphoric ester groups is 1. The molecule has 0 aromatic heterocycles. The Labute approximate surface area is 493 Å². The smallest absolute Gasteiger partial charge is 0.306 e. The number of unbranched alkanes of at least 4 members (excludes halogenated alkanes) is 30. The largest absolute Gasteiger partial charge is 0.756 e. The molecule has 0 aliphatic rings. The third-order valence-electron chi connectivity index (χ3n) is 14.1. The molecule has 0 bridgehead atoms. The molecule has 0 aromatic carbocycles. The fourth-order valence-corrected chi connectivity index (χ4v) is 9.77. The fourth-order valence-electron chi connectivity index (χ4n) is 9.04. The molecule has 0 rings (SSSR count). The van der Waals surface area contributed by atoms with Gasteiger partial charge in [-0.15, -0.1) is 0 Å². The lowest BCUT2D eigenvalue weighted by molar-refractivity contribution is -0.870. The Bertz CT molecular complexity index is 1670. The fraction of sp³-hybridized carbons (Fsp3) is 0.743. The van der Waals surface area contributed by atoms with Gasteiger partial charge < -0.3 is 27.9 Å². The maximum absolute atomic E-state index is 12.8. The van der Waals surface area contributed by atoms with Crippen LogP contribution in [0.2, 0.25) is 0 Å². The minimum Gasteiger partial charge on any atom is -0.756 e. The number of allylic oxidation sites excluding steroid dienone is 16. The van der Waals surface area contributed by atoms with E-state index < -0.39 is 32.5 Å². The Morgan fingerprint density at radius 3 is 1.06 bits per heavy atom. The van der Waals surface area contributed by atoms with Gasteiger partial charge in [-0.05, 0) is 96.3 Å². The SMILES string of the molecule is CC/C=C\C/C=C\C/C=C\C/C=C\C/C=C\CCCCCCCCCCCCCCCCCCCCCC(=O)OC(COC(=O)CCCCCCCC/C=C\C/C=C\C/C=C\CCCCCCC)COP(=O)([O-])OCC[N+](C)(C)C. The highest BCUT2D eigenvalue weighted by Crippen LogP contribution is 2.38. The number of hydrogen-bond acceptors (Lipinski definition) is 8. The minimum atomic E-state index is -4.65. The van der Waals surface area contributed by atoms with Crippen LogP contribution in [0.3, 0.4) is 0 Å². The maximum atomic E-state index is 12.8. The van der Waals surface area contributed by atoms with E-state index in [0.717, 1.165) is 89.9 Å². The van der Waals surface area contributed by atoms with E-state index in [1.165, 1.54) is 154 Å². The molecule has 462 valence electrons. The van der Waals surface area contributed by atoms with Crippen molar-refractivity contribution in [2.24, 2.45) is 0 Å². The summed E-state index contributed by atoms with van der Waals surface area (Å²) in [5.74, 6) is -0.842. The second-order valence-corrected chi connectivity index (χ2v) is 24.5. The van der Waals surface area contributed by atoms with Crippen LogP contribution in [0.15, 0.2) is 97.2 Å². The highest BCUT2D eigenvalue weighted by atomic mass is 31.2. The zero-order valence-corrected chi connectivity index (χ0v) is 53.4. The summed E-state index contributed by atoms with van der Waals surface area (Å²) >= 11 is 0. The van der Waals surface area contributed by atoms with Crippen molar-refractivity contribution in [1.82, 2.24) is 0 Å². The quantitative estimate of drug-likeness (QED) is 0.0195. The first kappa shape index (κ1) is 76.9. The molecule has 80 heavy (non-hydrogen) atoms. The molecule has 0 heterocycles. The summed E-state index contributed by atoms with van der Waals surface area (Å²) in [5.41, 5.74) is 0. The summed E-state index contributed by atoms with van der Waals surface area (Å²) < 4.78 is 34.2. The average molecular weight is 1140 g/mol. The van der Waals surface area contributed by atoms with E-state index in [4.69, 9.17) is 18.5 Å². The van der Waals surface area contributed by atoms with Gasteiger partial charge in [0.1, 0.15) is 19.8 Å². The van der Waals surface area contributed by atoms with Gasteiger partial charge >= 0.3 is 11.9 Å². The second-order valence-electron chi connectivity index (χ2n) is 23.1. The van der Waals surface area contributed by atoms with Gasteiger partial charge in [0.25, 0.3) is 7.82 Å². The van der Waals surface area contributed by atoms with E-state index in [0.29, 0.717) is 23.9 Å². The molecule has 9 nitrogen and oxygen atoms in total. The summed E-state index contributed by atoms with van der Waals surface area (Å²) in [4.78, 5) is 38.0. The first-order chi connectivity index (χ1) is 39.0. The number of quaternary nitrogens is 1. The molecule has 0 aliphatic heterocycles. The molecule has 10 heteroatoms. The van der Waals surface area contributed by atoms with Gasteiger partial charge in [-0.3, -0.25) is 14.2 Å². The first-order valence-corrected chi connectivity index (χ1v) is 34.4. The predicted octanol–water partition coefficient (Wildman–Crippen LogP) is 20.5. The monoisotopic (exact) mass is 1140 g/mol. The summed E-state index contributed by atoms with van der Waals surface area (Å²) in [6.45, 7) is 4.12. The lowest BCUT2D eigenvalue weighted by atomic mass is 10.0. The summed E-state index contributed by atoms with van der Waals surface area (Å²) in [6, 6.07) is 0. The Balaban J connectivity index is 4.05. The van der Waals surface area contributed by atoms with Crippen molar-refractivity contribution in [1.29, 1.82) is 0 Å². The van der Waals surface area contributed by atoms with Gasteiger partial charge in [-0.1, -0.05) is 272 Å². The third kappa shape index (κ3) is 64.1. The number of likely N-dealkylation sites (N-methyl/N-ethyl adjacent to an activating group) is 1. The molecule has 0 aromatic rings. The summed E-state index contributed by atoms with van der Waals surface area (Å²) in [7, 11) is 1.16. The van der Waals surface area contributed by atoms with Crippen LogP contribution >= 0.6 is 7.82 Å². The normalized spacial score (nSPS) is 13.8. The number of rotatable bonds is 60. The van der Waals surface area contributed by atoms with Crippen LogP contribution in [0.4, 0.5) is 0 Å². The molecule has 0 N–H and O–H groups in total. The molecule has 2 unspecified atom stereocenters. The number of hydrogen-bond donors (Lipinski definition) is 0. The molecule has 0 saturated heterocycles. The zero-order chi connectivity index (χ0) is 58.4. The van der Waals surface area contributed by atoms with Crippen LogP contribution in [0.1, 0.15) is 284 Å². The zero-order valence-electron chi connectivity index (χ0n) is 52.5. The van der Waals surface area contributed by atoms with E-state index in [-0.39, 0.29) is 26.1 Å². The Hall–Kier alpha value is -3.07. The van der Waals surface area contributed by atoms with Crippen molar-refractivity contribution in [3.8, 4) is 0 Å². The molecule has 0 amide bonds. The van der Waals surface area contributed by atoms with Crippen molar-refractivity contribution in [2.45, 2.75) is 290 Å². The van der Waals surface area contributed by atoms with Crippen molar-refractivity contribution in [3.05, 3.63) is 97.2 Å². The first-order valence-electron chi connectivity index (χ1n) is 32.9. The average Bonchev–Trinajstić information content (AvgIpc) is 3.42. The number of phosphoric acid groups is 1. The number of ether oxygens (including phenoxy) is 2. The Kier molecular flexibility index (Phi) is 58.2. The van der Waals surface area contributed by atoms with Crippen LogP contribution in [0.25, 0.3) is 0 Å². The number of esters is 2. The van der Waals surface area contributed by atoms with Gasteiger partial charge in [0, 0.05) is 12.8 Å². The molecule has 0 fully saturated rings. The summed E-state index contributed by atoms with van der Waals surface area (Å²) in [5, 5.41) is 0. The van der Waals surface area contributed by atoms with Gasteiger partial charge in [-0.2, -0.15) is 0 Å². The molecular formula is C70H124NO8P. The van der Waals surface area contributed by atoms with E-state index in [1.807, 2.05) is 21.1 Å². The molecule has 2 atom stereocenters. The van der Waals surface area contributed by atoms with Gasteiger partial charge in [0.2, 0.25) is 0 Å². The molecule has 0 radical (unpaired) electrons. The number of nitrogens with zero attached hydrogens (tertiary/aromatic N) is 1. The van der Waals surface area contributed by atoms with Crippen LogP contribution in [0.5, 0.6) is 0 Å². The maximum Gasteiger partial charge on any atom is 0.306 e. The highest BCUT2D eigenvalue weighted by Gasteiger charge is 2.22. The van der Waals surface area contributed by atoms with Gasteiger partial charge in [0.05, 0.1) is 27.7 Å². The van der Waals surface area contributed by atoms with E-state index in [1.54, 1.807) is 0 Å². The van der Waals surface area contributed by atoms with Crippen LogP contribution in [0, 0.1) is 0 Å². The third-order valence-corrected chi connectivity index (χ3v) is 15.1. The molecule has 0 aliphatic carbocycles. The minimum absolute atomic E-state index is 0.0355. The molecule has 0 saturated carbocycles. The number of carbonyl (C=O) groups is 2. The Morgan fingerprint density at radius 2 is 0.713 bits per heavy atom. The lowest BCUT2D eigenvalue weighted by Gasteiger charge is -2.28. The van der Waals surface area contributed by atoms with Crippen LogP contribution < -0.4 is 4.89 Å². The van der Waals surface area contributed by atoms with E-state index in [9.17, 15) is 19.0 Å². The van der Waals surface area contributed by atoms with E-state index >= 15 is 0 Å². The van der Waals surface area contributed by atoms with Crippen molar-refractivity contribution >= 4 is 19.8 Å². The van der Waals surface area contributed by atoms with Gasteiger partial charge in [-0.25, -0.2) is 0 Å². The van der Waals surface area contributed by atoms with Crippen LogP contribution in [-0.2, 0) is 32.7 Å². The predicted molar refractivity (Wildman–Crippen MR) is 342 cm³/mol.